The Morgan fingerprint density at radius 2 is 2.19 bits per heavy atom. The lowest BCUT2D eigenvalue weighted by molar-refractivity contribution is -0.118. The molecule has 2 aliphatic carbocycles. The zero-order chi connectivity index (χ0) is 11.4. The second kappa shape index (κ2) is 5.51. The third-order valence-electron chi connectivity index (χ3n) is 3.85. The molecule has 2 nitrogen and oxygen atoms in total. The Balaban J connectivity index is 1.84. The molecule has 0 radical (unpaired) electrons. The Hall–Kier alpha value is -0.790. The van der Waals surface area contributed by atoms with Crippen LogP contribution in [0.2, 0.25) is 0 Å². The molecule has 0 aromatic carbocycles. The van der Waals surface area contributed by atoms with Crippen molar-refractivity contribution >= 4 is 5.91 Å². The van der Waals surface area contributed by atoms with Crippen LogP contribution >= 0.6 is 0 Å². The van der Waals surface area contributed by atoms with Crippen molar-refractivity contribution < 1.29 is 4.79 Å². The summed E-state index contributed by atoms with van der Waals surface area (Å²) in [7, 11) is 0. The first kappa shape index (κ1) is 11.7. The normalized spacial score (nSPS) is 30.7. The van der Waals surface area contributed by atoms with E-state index in [2.05, 4.69) is 18.3 Å². The first-order valence-corrected chi connectivity index (χ1v) is 6.75. The number of rotatable bonds is 2. The molecule has 0 heterocycles. The molecule has 0 aromatic heterocycles. The van der Waals surface area contributed by atoms with Gasteiger partial charge < -0.3 is 5.32 Å². The summed E-state index contributed by atoms with van der Waals surface area (Å²) in [5.41, 5.74) is 1.03. The van der Waals surface area contributed by atoms with Gasteiger partial charge >= 0.3 is 0 Å². The van der Waals surface area contributed by atoms with Gasteiger partial charge in [0, 0.05) is 11.6 Å². The van der Waals surface area contributed by atoms with Crippen LogP contribution in [0.3, 0.4) is 0 Å². The van der Waals surface area contributed by atoms with Gasteiger partial charge in [0.25, 0.3) is 0 Å². The SMILES string of the molecule is CC1CCCC(NC(=O)C2=CCCCC2)C1. The smallest absolute Gasteiger partial charge is 0.247 e. The Kier molecular flexibility index (Phi) is 4.03. The average molecular weight is 221 g/mol. The van der Waals surface area contributed by atoms with Crippen LogP contribution in [0.4, 0.5) is 0 Å². The number of hydrogen-bond donors (Lipinski definition) is 1. The van der Waals surface area contributed by atoms with Gasteiger partial charge in [0.05, 0.1) is 0 Å². The van der Waals surface area contributed by atoms with E-state index in [1.54, 1.807) is 0 Å². The maximum Gasteiger partial charge on any atom is 0.247 e. The molecule has 0 aromatic rings. The van der Waals surface area contributed by atoms with Gasteiger partial charge in [-0.2, -0.15) is 0 Å². The molecule has 2 unspecified atom stereocenters. The summed E-state index contributed by atoms with van der Waals surface area (Å²) in [6.07, 6.45) is 11.6. The third-order valence-corrected chi connectivity index (χ3v) is 3.85. The van der Waals surface area contributed by atoms with E-state index < -0.39 is 0 Å². The van der Waals surface area contributed by atoms with Crippen LogP contribution in [0.25, 0.3) is 0 Å². The van der Waals surface area contributed by atoms with Crippen molar-refractivity contribution in [3.63, 3.8) is 0 Å². The van der Waals surface area contributed by atoms with Crippen molar-refractivity contribution in [3.05, 3.63) is 11.6 Å². The fourth-order valence-electron chi connectivity index (χ4n) is 2.89. The third kappa shape index (κ3) is 3.10. The molecule has 2 atom stereocenters. The van der Waals surface area contributed by atoms with Gasteiger partial charge in [-0.3, -0.25) is 4.79 Å². The molecule has 1 fully saturated rings. The molecule has 0 bridgehead atoms. The summed E-state index contributed by atoms with van der Waals surface area (Å²) in [4.78, 5) is 12.0. The zero-order valence-electron chi connectivity index (χ0n) is 10.3. The van der Waals surface area contributed by atoms with Gasteiger partial charge in [-0.15, -0.1) is 0 Å². The van der Waals surface area contributed by atoms with E-state index in [1.165, 1.54) is 38.5 Å². The quantitative estimate of drug-likeness (QED) is 0.762. The largest absolute Gasteiger partial charge is 0.350 e. The summed E-state index contributed by atoms with van der Waals surface area (Å²) in [6, 6.07) is 0.430. The number of hydrogen-bond acceptors (Lipinski definition) is 1. The summed E-state index contributed by atoms with van der Waals surface area (Å²) in [5, 5.41) is 3.21. The van der Waals surface area contributed by atoms with Crippen molar-refractivity contribution in [3.8, 4) is 0 Å². The summed E-state index contributed by atoms with van der Waals surface area (Å²) >= 11 is 0. The Morgan fingerprint density at radius 1 is 1.31 bits per heavy atom. The minimum Gasteiger partial charge on any atom is -0.350 e. The second-order valence-electron chi connectivity index (χ2n) is 5.42. The maximum atomic E-state index is 12.0. The lowest BCUT2D eigenvalue weighted by atomic mass is 9.87. The highest BCUT2D eigenvalue weighted by Gasteiger charge is 2.21. The van der Waals surface area contributed by atoms with Crippen molar-refractivity contribution in [2.45, 2.75) is 64.3 Å². The summed E-state index contributed by atoms with van der Waals surface area (Å²) in [6.45, 7) is 2.29. The summed E-state index contributed by atoms with van der Waals surface area (Å²) in [5.74, 6) is 0.984. The van der Waals surface area contributed by atoms with E-state index in [0.29, 0.717) is 6.04 Å². The monoisotopic (exact) mass is 221 g/mol. The number of carbonyl (C=O) groups excluding carboxylic acids is 1. The minimum atomic E-state index is 0.207. The van der Waals surface area contributed by atoms with Gasteiger partial charge in [0.1, 0.15) is 0 Å². The number of amides is 1. The summed E-state index contributed by atoms with van der Waals surface area (Å²) < 4.78 is 0. The number of nitrogens with one attached hydrogen (secondary N) is 1. The predicted molar refractivity (Wildman–Crippen MR) is 66.1 cm³/mol. The highest BCUT2D eigenvalue weighted by Crippen LogP contribution is 2.24. The predicted octanol–water partition coefficient (Wildman–Crippen LogP) is 3.18. The van der Waals surface area contributed by atoms with Crippen LogP contribution in [-0.4, -0.2) is 11.9 Å². The van der Waals surface area contributed by atoms with Gasteiger partial charge in [0.15, 0.2) is 0 Å². The highest BCUT2D eigenvalue weighted by molar-refractivity contribution is 5.93. The molecule has 2 rings (SSSR count). The molecule has 2 heteroatoms. The van der Waals surface area contributed by atoms with Crippen LogP contribution in [0.5, 0.6) is 0 Å². The van der Waals surface area contributed by atoms with E-state index in [9.17, 15) is 4.79 Å². The van der Waals surface area contributed by atoms with Gasteiger partial charge in [-0.05, 0) is 44.4 Å². The molecule has 1 saturated carbocycles. The van der Waals surface area contributed by atoms with Crippen molar-refractivity contribution in [1.82, 2.24) is 5.32 Å². The highest BCUT2D eigenvalue weighted by atomic mass is 16.1. The fraction of sp³-hybridized carbons (Fsp3) is 0.786. The Labute approximate surface area is 98.5 Å². The van der Waals surface area contributed by atoms with Gasteiger partial charge in [0.2, 0.25) is 5.91 Å². The molecule has 0 aliphatic heterocycles. The molecule has 0 saturated heterocycles. The van der Waals surface area contributed by atoms with Crippen molar-refractivity contribution in [1.29, 1.82) is 0 Å². The number of carbonyl (C=O) groups is 1. The van der Waals surface area contributed by atoms with Crippen LogP contribution in [-0.2, 0) is 4.79 Å². The molecular formula is C14H23NO. The van der Waals surface area contributed by atoms with Crippen LogP contribution in [0.1, 0.15) is 58.3 Å². The van der Waals surface area contributed by atoms with E-state index in [-0.39, 0.29) is 5.91 Å². The van der Waals surface area contributed by atoms with E-state index >= 15 is 0 Å². The van der Waals surface area contributed by atoms with E-state index in [0.717, 1.165) is 24.3 Å². The second-order valence-corrected chi connectivity index (χ2v) is 5.42. The molecule has 2 aliphatic rings. The van der Waals surface area contributed by atoms with Crippen molar-refractivity contribution in [2.24, 2.45) is 5.92 Å². The lowest BCUT2D eigenvalue weighted by Crippen LogP contribution is -2.38. The first-order chi connectivity index (χ1) is 7.75. The van der Waals surface area contributed by atoms with E-state index in [1.807, 2.05) is 0 Å². The minimum absolute atomic E-state index is 0.207. The van der Waals surface area contributed by atoms with Gasteiger partial charge in [-0.25, -0.2) is 0 Å². The Morgan fingerprint density at radius 3 is 2.88 bits per heavy atom. The molecule has 90 valence electrons. The average Bonchev–Trinajstić information content (AvgIpc) is 2.30. The van der Waals surface area contributed by atoms with Crippen LogP contribution in [0.15, 0.2) is 11.6 Å². The van der Waals surface area contributed by atoms with E-state index in [4.69, 9.17) is 0 Å². The zero-order valence-corrected chi connectivity index (χ0v) is 10.3. The fourth-order valence-corrected chi connectivity index (χ4v) is 2.89. The molecular weight excluding hydrogens is 198 g/mol. The lowest BCUT2D eigenvalue weighted by Gasteiger charge is -2.28. The molecule has 0 spiro atoms. The van der Waals surface area contributed by atoms with Crippen LogP contribution < -0.4 is 5.32 Å². The van der Waals surface area contributed by atoms with Gasteiger partial charge in [-0.1, -0.05) is 25.8 Å². The van der Waals surface area contributed by atoms with Crippen molar-refractivity contribution in [2.75, 3.05) is 0 Å². The number of allylic oxidation sites excluding steroid dienone is 1. The maximum absolute atomic E-state index is 12.0. The molecule has 1 amide bonds. The molecule has 1 N–H and O–H groups in total. The molecule has 16 heavy (non-hydrogen) atoms. The standard InChI is InChI=1S/C14H23NO/c1-11-6-5-9-13(10-11)15-14(16)12-7-3-2-4-8-12/h7,11,13H,2-6,8-10H2,1H3,(H,15,16). The Bertz CT molecular complexity index is 282. The topological polar surface area (TPSA) is 29.1 Å². The first-order valence-electron chi connectivity index (χ1n) is 6.75. The van der Waals surface area contributed by atoms with Crippen LogP contribution in [0, 0.1) is 5.92 Å².